The minimum absolute atomic E-state index is 0.204. The molecular weight excluding hydrogens is 352 g/mol. The molecular formula is C28H42O. The average molecular weight is 395 g/mol. The van der Waals surface area contributed by atoms with Crippen LogP contribution in [0.2, 0.25) is 0 Å². The van der Waals surface area contributed by atoms with E-state index in [0.717, 1.165) is 18.8 Å². The average Bonchev–Trinajstić information content (AvgIpc) is 2.72. The molecule has 0 aliphatic carbocycles. The molecule has 0 aromatic heterocycles. The number of hydrogen-bond donors (Lipinski definition) is 0. The molecule has 29 heavy (non-hydrogen) atoms. The normalized spacial score (nSPS) is 12.7. The maximum absolute atomic E-state index is 5.94. The fourth-order valence-electron chi connectivity index (χ4n) is 3.74. The second-order valence-electron chi connectivity index (χ2n) is 9.49. The van der Waals surface area contributed by atoms with Gasteiger partial charge in [0.1, 0.15) is 5.75 Å². The molecule has 0 saturated carbocycles. The molecule has 2 rings (SSSR count). The molecule has 0 radical (unpaired) electrons. The monoisotopic (exact) mass is 394 g/mol. The molecule has 1 unspecified atom stereocenters. The molecule has 0 amide bonds. The third-order valence-corrected chi connectivity index (χ3v) is 5.92. The number of benzene rings is 2. The van der Waals surface area contributed by atoms with Crippen LogP contribution >= 0.6 is 0 Å². The molecule has 1 heteroatoms. The van der Waals surface area contributed by atoms with Gasteiger partial charge in [0.2, 0.25) is 0 Å². The highest BCUT2D eigenvalue weighted by molar-refractivity contribution is 5.37. The molecule has 0 saturated heterocycles. The first-order chi connectivity index (χ1) is 13.9. The summed E-state index contributed by atoms with van der Waals surface area (Å²) in [6.07, 6.45) is 10.7. The van der Waals surface area contributed by atoms with Gasteiger partial charge in [-0.25, -0.2) is 0 Å². The van der Waals surface area contributed by atoms with Crippen LogP contribution in [0.15, 0.2) is 48.5 Å². The molecule has 0 spiro atoms. The van der Waals surface area contributed by atoms with E-state index in [1.807, 2.05) is 0 Å². The summed E-state index contributed by atoms with van der Waals surface area (Å²) >= 11 is 0. The quantitative estimate of drug-likeness (QED) is 0.327. The number of hydrogen-bond acceptors (Lipinski definition) is 1. The van der Waals surface area contributed by atoms with Crippen molar-refractivity contribution in [2.75, 3.05) is 6.61 Å². The van der Waals surface area contributed by atoms with Crippen LogP contribution in [-0.2, 0) is 5.41 Å². The Hall–Kier alpha value is -1.76. The highest BCUT2D eigenvalue weighted by atomic mass is 16.5. The van der Waals surface area contributed by atoms with E-state index in [9.17, 15) is 0 Å². The number of ether oxygens (including phenoxy) is 1. The van der Waals surface area contributed by atoms with E-state index in [2.05, 4.69) is 83.1 Å². The van der Waals surface area contributed by atoms with Crippen molar-refractivity contribution in [1.29, 1.82) is 0 Å². The molecule has 2 aromatic carbocycles. The molecule has 2 aromatic rings. The van der Waals surface area contributed by atoms with Gasteiger partial charge < -0.3 is 4.74 Å². The van der Waals surface area contributed by atoms with Crippen molar-refractivity contribution < 1.29 is 4.74 Å². The van der Waals surface area contributed by atoms with Crippen LogP contribution in [0.3, 0.4) is 0 Å². The van der Waals surface area contributed by atoms with Crippen molar-refractivity contribution in [2.24, 2.45) is 0 Å². The Morgan fingerprint density at radius 1 is 0.690 bits per heavy atom. The van der Waals surface area contributed by atoms with E-state index in [4.69, 9.17) is 4.74 Å². The topological polar surface area (TPSA) is 9.23 Å². The molecule has 1 nitrogen and oxygen atoms in total. The van der Waals surface area contributed by atoms with Gasteiger partial charge in [0, 0.05) is 5.92 Å². The van der Waals surface area contributed by atoms with Crippen LogP contribution in [0.4, 0.5) is 0 Å². The highest BCUT2D eigenvalue weighted by Crippen LogP contribution is 2.29. The van der Waals surface area contributed by atoms with Crippen LogP contribution < -0.4 is 4.74 Å². The first kappa shape index (κ1) is 23.5. The van der Waals surface area contributed by atoms with E-state index in [1.54, 1.807) is 0 Å². The van der Waals surface area contributed by atoms with Crippen molar-refractivity contribution >= 4 is 0 Å². The predicted octanol–water partition coefficient (Wildman–Crippen LogP) is 8.66. The van der Waals surface area contributed by atoms with E-state index in [-0.39, 0.29) is 5.41 Å². The second kappa shape index (κ2) is 12.1. The van der Waals surface area contributed by atoms with Gasteiger partial charge in [0.15, 0.2) is 0 Å². The van der Waals surface area contributed by atoms with Crippen molar-refractivity contribution in [3.05, 3.63) is 65.2 Å². The third kappa shape index (κ3) is 8.25. The second-order valence-corrected chi connectivity index (χ2v) is 9.49. The zero-order valence-electron chi connectivity index (χ0n) is 19.5. The largest absolute Gasteiger partial charge is 0.494 e. The molecule has 0 aliphatic heterocycles. The lowest BCUT2D eigenvalue weighted by atomic mass is 9.85. The van der Waals surface area contributed by atoms with Gasteiger partial charge in [-0.3, -0.25) is 0 Å². The lowest BCUT2D eigenvalue weighted by Gasteiger charge is -2.20. The van der Waals surface area contributed by atoms with Gasteiger partial charge in [-0.1, -0.05) is 116 Å². The van der Waals surface area contributed by atoms with Crippen LogP contribution in [0, 0.1) is 0 Å². The molecule has 0 fully saturated rings. The Morgan fingerprint density at radius 2 is 1.17 bits per heavy atom. The maximum Gasteiger partial charge on any atom is 0.119 e. The smallest absolute Gasteiger partial charge is 0.119 e. The maximum atomic E-state index is 5.94. The first-order valence-corrected chi connectivity index (χ1v) is 11.7. The zero-order valence-corrected chi connectivity index (χ0v) is 19.5. The van der Waals surface area contributed by atoms with Gasteiger partial charge in [0.25, 0.3) is 0 Å². The molecule has 0 aliphatic rings. The van der Waals surface area contributed by atoms with Gasteiger partial charge in [0.05, 0.1) is 6.61 Å². The lowest BCUT2D eigenvalue weighted by molar-refractivity contribution is 0.304. The summed E-state index contributed by atoms with van der Waals surface area (Å²) in [5, 5.41) is 0. The molecule has 0 heterocycles. The molecule has 1 atom stereocenters. The summed E-state index contributed by atoms with van der Waals surface area (Å²) < 4.78 is 5.94. The first-order valence-electron chi connectivity index (χ1n) is 11.7. The Kier molecular flexibility index (Phi) is 9.78. The van der Waals surface area contributed by atoms with Gasteiger partial charge in [-0.05, 0) is 40.7 Å². The fourth-order valence-corrected chi connectivity index (χ4v) is 3.74. The summed E-state index contributed by atoms with van der Waals surface area (Å²) in [6, 6.07) is 17.8. The standard InChI is InChI=1S/C28H42O/c1-6-7-8-9-10-11-12-13-22-29-27-20-16-25(17-21-27)23(2)24-14-18-26(19-15-24)28(3,4)5/h14-21,23H,6-13,22H2,1-5H3. The van der Waals surface area contributed by atoms with Crippen molar-refractivity contribution in [2.45, 2.75) is 97.3 Å². The van der Waals surface area contributed by atoms with Gasteiger partial charge in [-0.2, -0.15) is 0 Å². The summed E-state index contributed by atoms with van der Waals surface area (Å²) in [7, 11) is 0. The van der Waals surface area contributed by atoms with Crippen molar-refractivity contribution in [1.82, 2.24) is 0 Å². The number of unbranched alkanes of at least 4 members (excludes halogenated alkanes) is 7. The minimum atomic E-state index is 0.204. The SMILES string of the molecule is CCCCCCCCCCOc1ccc(C(C)c2ccc(C(C)(C)C)cc2)cc1. The lowest BCUT2D eigenvalue weighted by Crippen LogP contribution is -2.11. The van der Waals surface area contributed by atoms with Crippen LogP contribution in [0.1, 0.15) is 109 Å². The molecule has 0 N–H and O–H groups in total. The van der Waals surface area contributed by atoms with Crippen molar-refractivity contribution in [3.8, 4) is 5.75 Å². The zero-order chi connectivity index (χ0) is 21.1. The Morgan fingerprint density at radius 3 is 1.69 bits per heavy atom. The summed E-state index contributed by atoms with van der Waals surface area (Å²) in [5.41, 5.74) is 4.30. The Labute approximate surface area is 179 Å². The van der Waals surface area contributed by atoms with Gasteiger partial charge >= 0.3 is 0 Å². The van der Waals surface area contributed by atoms with E-state index >= 15 is 0 Å². The number of rotatable bonds is 12. The summed E-state index contributed by atoms with van der Waals surface area (Å²) in [5.74, 6) is 1.39. The van der Waals surface area contributed by atoms with E-state index in [0.29, 0.717) is 5.92 Å². The molecule has 0 bridgehead atoms. The van der Waals surface area contributed by atoms with Crippen LogP contribution in [-0.4, -0.2) is 6.61 Å². The van der Waals surface area contributed by atoms with E-state index in [1.165, 1.54) is 61.6 Å². The summed E-state index contributed by atoms with van der Waals surface area (Å²) in [4.78, 5) is 0. The summed E-state index contributed by atoms with van der Waals surface area (Å²) in [6.45, 7) is 12.2. The fraction of sp³-hybridized carbons (Fsp3) is 0.571. The van der Waals surface area contributed by atoms with Gasteiger partial charge in [-0.15, -0.1) is 0 Å². The Bertz CT molecular complexity index is 676. The molecule has 160 valence electrons. The van der Waals surface area contributed by atoms with Crippen LogP contribution in [0.25, 0.3) is 0 Å². The Balaban J connectivity index is 1.74. The van der Waals surface area contributed by atoms with Crippen molar-refractivity contribution in [3.63, 3.8) is 0 Å². The third-order valence-electron chi connectivity index (χ3n) is 5.92. The minimum Gasteiger partial charge on any atom is -0.494 e. The highest BCUT2D eigenvalue weighted by Gasteiger charge is 2.14. The predicted molar refractivity (Wildman–Crippen MR) is 127 cm³/mol. The van der Waals surface area contributed by atoms with E-state index < -0.39 is 0 Å². The van der Waals surface area contributed by atoms with Crippen LogP contribution in [0.5, 0.6) is 5.75 Å².